The maximum absolute atomic E-state index is 10.0. The van der Waals surface area contributed by atoms with Crippen molar-refractivity contribution in [2.75, 3.05) is 6.54 Å². The van der Waals surface area contributed by atoms with Gasteiger partial charge in [-0.3, -0.25) is 0 Å². The molecule has 94 valence electrons. The second-order valence-corrected chi connectivity index (χ2v) is 5.17. The summed E-state index contributed by atoms with van der Waals surface area (Å²) in [6.45, 7) is 4.66. The van der Waals surface area contributed by atoms with Crippen LogP contribution in [-0.2, 0) is 0 Å². The average molecular weight is 235 g/mol. The van der Waals surface area contributed by atoms with E-state index in [1.165, 1.54) is 0 Å². The molecule has 0 radical (unpaired) electrons. The first-order valence-electron chi connectivity index (χ1n) is 6.32. The van der Waals surface area contributed by atoms with Crippen molar-refractivity contribution in [1.82, 2.24) is 5.32 Å². The van der Waals surface area contributed by atoms with Gasteiger partial charge in [0.1, 0.15) is 5.75 Å². The quantitative estimate of drug-likeness (QED) is 0.734. The molecule has 0 amide bonds. The third kappa shape index (κ3) is 3.20. The van der Waals surface area contributed by atoms with Crippen LogP contribution in [0.15, 0.2) is 18.2 Å². The molecule has 0 spiro atoms. The van der Waals surface area contributed by atoms with E-state index >= 15 is 0 Å². The zero-order valence-corrected chi connectivity index (χ0v) is 10.5. The van der Waals surface area contributed by atoms with Crippen molar-refractivity contribution in [2.45, 2.75) is 44.8 Å². The van der Waals surface area contributed by atoms with E-state index in [0.717, 1.165) is 24.0 Å². The summed E-state index contributed by atoms with van der Waals surface area (Å²) in [6, 6.07) is 5.81. The van der Waals surface area contributed by atoms with Crippen LogP contribution in [0.3, 0.4) is 0 Å². The van der Waals surface area contributed by atoms with Crippen molar-refractivity contribution in [3.8, 4) is 5.75 Å². The van der Waals surface area contributed by atoms with E-state index in [1.807, 2.05) is 6.07 Å². The van der Waals surface area contributed by atoms with Gasteiger partial charge in [-0.1, -0.05) is 19.9 Å². The molecule has 1 aliphatic rings. The molecule has 3 heteroatoms. The molecule has 0 aromatic heterocycles. The number of aliphatic hydroxyl groups excluding tert-OH is 1. The van der Waals surface area contributed by atoms with Crippen LogP contribution < -0.4 is 5.32 Å². The minimum absolute atomic E-state index is 0.361. The molecule has 1 fully saturated rings. The van der Waals surface area contributed by atoms with E-state index in [2.05, 4.69) is 19.2 Å². The summed E-state index contributed by atoms with van der Waals surface area (Å²) in [6.07, 6.45) is 1.80. The first-order valence-corrected chi connectivity index (χ1v) is 6.32. The second-order valence-electron chi connectivity index (χ2n) is 5.17. The molecule has 1 atom stereocenters. The number of hydrogen-bond acceptors (Lipinski definition) is 3. The van der Waals surface area contributed by atoms with E-state index < -0.39 is 6.10 Å². The lowest BCUT2D eigenvalue weighted by Crippen LogP contribution is -2.27. The van der Waals surface area contributed by atoms with Crippen LogP contribution in [0.2, 0.25) is 0 Å². The number of hydrogen-bond donors (Lipinski definition) is 3. The van der Waals surface area contributed by atoms with E-state index in [1.54, 1.807) is 12.1 Å². The first kappa shape index (κ1) is 12.4. The lowest BCUT2D eigenvalue weighted by molar-refractivity contribution is 0.171. The Labute approximate surface area is 102 Å². The Hall–Kier alpha value is -1.06. The molecule has 1 unspecified atom stereocenters. The highest BCUT2D eigenvalue weighted by Crippen LogP contribution is 2.44. The van der Waals surface area contributed by atoms with Gasteiger partial charge >= 0.3 is 0 Å². The van der Waals surface area contributed by atoms with Crippen LogP contribution >= 0.6 is 0 Å². The van der Waals surface area contributed by atoms with E-state index in [4.69, 9.17) is 0 Å². The Morgan fingerprint density at radius 2 is 2.06 bits per heavy atom. The van der Waals surface area contributed by atoms with Gasteiger partial charge in [0.25, 0.3) is 0 Å². The lowest BCUT2D eigenvalue weighted by atomic mass is 10.0. The monoisotopic (exact) mass is 235 g/mol. The summed E-state index contributed by atoms with van der Waals surface area (Å²) < 4.78 is 0. The largest absolute Gasteiger partial charge is 0.508 e. The Morgan fingerprint density at radius 3 is 2.65 bits per heavy atom. The number of rotatable bonds is 5. The van der Waals surface area contributed by atoms with E-state index in [-0.39, 0.29) is 0 Å². The molecule has 0 bridgehead atoms. The van der Waals surface area contributed by atoms with Crippen LogP contribution in [0.5, 0.6) is 5.75 Å². The molecule has 0 heterocycles. The van der Waals surface area contributed by atoms with Gasteiger partial charge in [-0.15, -0.1) is 0 Å². The Morgan fingerprint density at radius 1 is 1.35 bits per heavy atom. The number of phenolic OH excluding ortho intramolecular Hbond substituents is 1. The fraction of sp³-hybridized carbons (Fsp3) is 0.571. The summed E-state index contributed by atoms with van der Waals surface area (Å²) in [5, 5.41) is 23.0. The van der Waals surface area contributed by atoms with Gasteiger partial charge in [0, 0.05) is 12.6 Å². The summed E-state index contributed by atoms with van der Waals surface area (Å²) in [5.74, 6) is 0.862. The van der Waals surface area contributed by atoms with Gasteiger partial charge in [0.2, 0.25) is 0 Å². The smallest absolute Gasteiger partial charge is 0.119 e. The normalized spacial score (nSPS) is 17.4. The van der Waals surface area contributed by atoms with Gasteiger partial charge < -0.3 is 15.5 Å². The SMILES string of the molecule is CC(C)NCC(O)c1ccc(O)c(C2CC2)c1. The summed E-state index contributed by atoms with van der Waals surface area (Å²) in [7, 11) is 0. The van der Waals surface area contributed by atoms with Crippen molar-refractivity contribution in [3.63, 3.8) is 0 Å². The van der Waals surface area contributed by atoms with Crippen molar-refractivity contribution in [3.05, 3.63) is 29.3 Å². The molecule has 2 rings (SSSR count). The first-order chi connectivity index (χ1) is 8.08. The van der Waals surface area contributed by atoms with Gasteiger partial charge in [0.15, 0.2) is 0 Å². The van der Waals surface area contributed by atoms with E-state index in [9.17, 15) is 10.2 Å². The highest BCUT2D eigenvalue weighted by molar-refractivity contribution is 5.41. The maximum Gasteiger partial charge on any atom is 0.119 e. The highest BCUT2D eigenvalue weighted by Gasteiger charge is 2.27. The predicted octanol–water partition coefficient (Wildman–Crippen LogP) is 2.30. The standard InChI is InChI=1S/C14H21NO2/c1-9(2)15-8-14(17)11-5-6-13(16)12(7-11)10-3-4-10/h5-7,9-10,14-17H,3-4,8H2,1-2H3. The van der Waals surface area contributed by atoms with Crippen LogP contribution in [0.25, 0.3) is 0 Å². The molecule has 1 aliphatic carbocycles. The molecular formula is C14H21NO2. The number of phenols is 1. The van der Waals surface area contributed by atoms with Crippen LogP contribution in [0.1, 0.15) is 49.8 Å². The van der Waals surface area contributed by atoms with Gasteiger partial charge in [-0.25, -0.2) is 0 Å². The Kier molecular flexibility index (Phi) is 3.69. The Bertz CT molecular complexity index is 386. The topological polar surface area (TPSA) is 52.5 Å². The Balaban J connectivity index is 2.07. The average Bonchev–Trinajstić information content (AvgIpc) is 3.10. The zero-order valence-electron chi connectivity index (χ0n) is 10.5. The number of benzene rings is 1. The molecular weight excluding hydrogens is 214 g/mol. The van der Waals surface area contributed by atoms with Gasteiger partial charge in [-0.05, 0) is 42.0 Å². The van der Waals surface area contributed by atoms with Crippen LogP contribution in [0.4, 0.5) is 0 Å². The second kappa shape index (κ2) is 5.07. The fourth-order valence-electron chi connectivity index (χ4n) is 1.97. The molecule has 0 saturated heterocycles. The lowest BCUT2D eigenvalue weighted by Gasteiger charge is -2.15. The van der Waals surface area contributed by atoms with Crippen LogP contribution in [-0.4, -0.2) is 22.8 Å². The highest BCUT2D eigenvalue weighted by atomic mass is 16.3. The summed E-state index contributed by atoms with van der Waals surface area (Å²) in [4.78, 5) is 0. The van der Waals surface area contributed by atoms with Crippen molar-refractivity contribution in [1.29, 1.82) is 0 Å². The van der Waals surface area contributed by atoms with Crippen LogP contribution in [0, 0.1) is 0 Å². The fourth-order valence-corrected chi connectivity index (χ4v) is 1.97. The minimum Gasteiger partial charge on any atom is -0.508 e. The minimum atomic E-state index is -0.504. The molecule has 1 saturated carbocycles. The van der Waals surface area contributed by atoms with Crippen molar-refractivity contribution in [2.24, 2.45) is 0 Å². The molecule has 3 N–H and O–H groups in total. The number of aliphatic hydroxyl groups is 1. The number of nitrogens with one attached hydrogen (secondary N) is 1. The van der Waals surface area contributed by atoms with E-state index in [0.29, 0.717) is 24.3 Å². The molecule has 0 aliphatic heterocycles. The molecule has 1 aromatic carbocycles. The third-order valence-electron chi connectivity index (χ3n) is 3.17. The zero-order chi connectivity index (χ0) is 12.4. The third-order valence-corrected chi connectivity index (χ3v) is 3.17. The van der Waals surface area contributed by atoms with Gasteiger partial charge in [0.05, 0.1) is 6.10 Å². The molecule has 17 heavy (non-hydrogen) atoms. The number of aromatic hydroxyl groups is 1. The maximum atomic E-state index is 10.0. The molecule has 1 aromatic rings. The summed E-state index contributed by atoms with van der Waals surface area (Å²) >= 11 is 0. The summed E-state index contributed by atoms with van der Waals surface area (Å²) in [5.41, 5.74) is 1.88. The van der Waals surface area contributed by atoms with Crippen molar-refractivity contribution >= 4 is 0 Å². The van der Waals surface area contributed by atoms with Crippen molar-refractivity contribution < 1.29 is 10.2 Å². The van der Waals surface area contributed by atoms with Gasteiger partial charge in [-0.2, -0.15) is 0 Å². The predicted molar refractivity (Wildman–Crippen MR) is 68.2 cm³/mol. The molecule has 3 nitrogen and oxygen atoms in total.